The Balaban J connectivity index is 0.961. The van der Waals surface area contributed by atoms with Gasteiger partial charge >= 0.3 is 5.97 Å². The van der Waals surface area contributed by atoms with Crippen LogP contribution in [0.2, 0.25) is 0 Å². The lowest BCUT2D eigenvalue weighted by atomic mass is 9.41. The van der Waals surface area contributed by atoms with Crippen molar-refractivity contribution < 1.29 is 43.8 Å². The Bertz CT molecular complexity index is 1430. The van der Waals surface area contributed by atoms with Crippen LogP contribution < -0.4 is 0 Å². The summed E-state index contributed by atoms with van der Waals surface area (Å²) in [6.07, 6.45) is 6.99. The minimum absolute atomic E-state index is 0.00895. The first-order valence-corrected chi connectivity index (χ1v) is 18.0. The molecule has 1 aromatic carbocycles. The summed E-state index contributed by atoms with van der Waals surface area (Å²) in [5, 5.41) is 36.2. The molecule has 3 heterocycles. The molecule has 4 aliphatic carbocycles. The van der Waals surface area contributed by atoms with Gasteiger partial charge in [0, 0.05) is 35.3 Å². The summed E-state index contributed by atoms with van der Waals surface area (Å²) in [7, 11) is 0. The van der Waals surface area contributed by atoms with Crippen LogP contribution >= 0.6 is 0 Å². The lowest BCUT2D eigenvalue weighted by Crippen LogP contribution is -2.69. The molecule has 6 fully saturated rings. The first kappa shape index (κ1) is 32.4. The number of carbonyl (C=O) groups is 1. The van der Waals surface area contributed by atoms with Gasteiger partial charge in [0.2, 0.25) is 0 Å². The zero-order valence-electron chi connectivity index (χ0n) is 28.3. The largest absolute Gasteiger partial charge is 0.458 e. The number of esters is 1. The predicted molar refractivity (Wildman–Crippen MR) is 171 cm³/mol. The molecule has 258 valence electrons. The number of aryl methyl sites for hydroxylation is 1. The zero-order chi connectivity index (χ0) is 33.0. The summed E-state index contributed by atoms with van der Waals surface area (Å²) in [6, 6.07) is 8.24. The van der Waals surface area contributed by atoms with Crippen molar-refractivity contribution in [2.45, 2.75) is 140 Å². The van der Waals surface area contributed by atoms with Gasteiger partial charge in [0.15, 0.2) is 12.1 Å². The number of ether oxygens (including phenoxy) is 5. The lowest BCUT2D eigenvalue weighted by Gasteiger charge is -2.66. The van der Waals surface area contributed by atoms with Crippen molar-refractivity contribution in [1.82, 2.24) is 0 Å². The molecule has 3 aliphatic heterocycles. The first-order chi connectivity index (χ1) is 22.3. The fourth-order valence-electron chi connectivity index (χ4n) is 11.8. The van der Waals surface area contributed by atoms with Crippen LogP contribution in [-0.2, 0) is 34.3 Å². The number of hydrogen-bond acceptors (Lipinski definition) is 9. The monoisotopic (exact) mass is 652 g/mol. The maximum atomic E-state index is 12.6. The molecule has 3 N–H and O–H groups in total. The van der Waals surface area contributed by atoms with E-state index in [0.29, 0.717) is 51.6 Å². The van der Waals surface area contributed by atoms with Crippen molar-refractivity contribution in [3.8, 4) is 0 Å². The summed E-state index contributed by atoms with van der Waals surface area (Å²) < 4.78 is 31.3. The van der Waals surface area contributed by atoms with Gasteiger partial charge in [-0.15, -0.1) is 0 Å². The summed E-state index contributed by atoms with van der Waals surface area (Å²) in [5.74, 6) is -1.04. The Morgan fingerprint density at radius 1 is 0.957 bits per heavy atom. The number of aliphatic hydroxyl groups excluding tert-OH is 1. The van der Waals surface area contributed by atoms with E-state index in [1.165, 1.54) is 5.56 Å². The maximum Gasteiger partial charge on any atom is 0.331 e. The average molecular weight is 653 g/mol. The third-order valence-electron chi connectivity index (χ3n) is 14.3. The average Bonchev–Trinajstić information content (AvgIpc) is 3.70. The molecular weight excluding hydrogens is 600 g/mol. The fraction of sp³-hybridized carbons (Fsp3) is 0.763. The van der Waals surface area contributed by atoms with Crippen molar-refractivity contribution in [3.05, 3.63) is 47.0 Å². The smallest absolute Gasteiger partial charge is 0.331 e. The van der Waals surface area contributed by atoms with Crippen LogP contribution in [0, 0.1) is 35.5 Å². The summed E-state index contributed by atoms with van der Waals surface area (Å²) in [5.41, 5.74) is 0.101. The predicted octanol–water partition coefficient (Wildman–Crippen LogP) is 4.82. The van der Waals surface area contributed by atoms with Crippen LogP contribution in [0.5, 0.6) is 0 Å². The molecule has 13 unspecified atom stereocenters. The maximum absolute atomic E-state index is 12.6. The normalized spacial score (nSPS) is 50.6. The lowest BCUT2D eigenvalue weighted by molar-refractivity contribution is -0.292. The molecule has 0 spiro atoms. The Morgan fingerprint density at radius 3 is 2.45 bits per heavy atom. The number of cyclic esters (lactones) is 1. The molecule has 8 rings (SSSR count). The van der Waals surface area contributed by atoms with Gasteiger partial charge < -0.3 is 39.0 Å². The quantitative estimate of drug-likeness (QED) is 0.304. The number of carbonyl (C=O) groups excluding carboxylic acids is 1. The van der Waals surface area contributed by atoms with Gasteiger partial charge in [0.25, 0.3) is 0 Å². The Hall–Kier alpha value is -1.85. The van der Waals surface area contributed by atoms with Crippen LogP contribution in [0.25, 0.3) is 0 Å². The first-order valence-electron chi connectivity index (χ1n) is 18.0. The van der Waals surface area contributed by atoms with E-state index >= 15 is 0 Å². The summed E-state index contributed by atoms with van der Waals surface area (Å²) in [6.45, 7) is 8.45. The van der Waals surface area contributed by atoms with Crippen molar-refractivity contribution in [2.24, 2.45) is 28.6 Å². The van der Waals surface area contributed by atoms with Gasteiger partial charge in [0.1, 0.15) is 12.7 Å². The zero-order valence-corrected chi connectivity index (χ0v) is 28.3. The van der Waals surface area contributed by atoms with Crippen molar-refractivity contribution >= 4 is 5.97 Å². The third-order valence-corrected chi connectivity index (χ3v) is 14.3. The van der Waals surface area contributed by atoms with E-state index in [1.807, 2.05) is 13.8 Å². The van der Waals surface area contributed by atoms with Crippen molar-refractivity contribution in [1.29, 1.82) is 0 Å². The number of rotatable bonds is 5. The molecule has 2 saturated heterocycles. The van der Waals surface area contributed by atoms with Crippen molar-refractivity contribution in [2.75, 3.05) is 13.2 Å². The van der Waals surface area contributed by atoms with E-state index in [9.17, 15) is 20.1 Å². The second-order valence-electron chi connectivity index (χ2n) is 16.5. The van der Waals surface area contributed by atoms with Crippen LogP contribution in [0.4, 0.5) is 0 Å². The van der Waals surface area contributed by atoms with E-state index < -0.39 is 28.7 Å². The standard InChI is InChI=1S/C38H52O9/c1-22-5-7-25(8-6-22)35(4)46-30-18-32(44-23(2)33(30)47-35)45-26-9-14-36(21-39)28-10-13-34(3)27(24-17-31(40)43-20-24)12-16-38(34,42)29(28)11-15-37(36,41)19-26/h5-8,17,23,26-30,32-33,39,41-42H,9-16,18-21H2,1-4H3. The Morgan fingerprint density at radius 2 is 1.72 bits per heavy atom. The molecule has 0 amide bonds. The molecular formula is C38H52O9. The van der Waals surface area contributed by atoms with E-state index in [2.05, 4.69) is 38.1 Å². The molecule has 4 saturated carbocycles. The number of aliphatic hydroxyl groups is 3. The Labute approximate surface area is 277 Å². The van der Waals surface area contributed by atoms with E-state index in [0.717, 1.165) is 30.4 Å². The minimum atomic E-state index is -1.10. The van der Waals surface area contributed by atoms with E-state index in [1.54, 1.807) is 6.08 Å². The van der Waals surface area contributed by atoms with Gasteiger partial charge in [-0.2, -0.15) is 0 Å². The number of fused-ring (bicyclic) bond motifs is 6. The molecule has 0 radical (unpaired) electrons. The summed E-state index contributed by atoms with van der Waals surface area (Å²) in [4.78, 5) is 11.9. The topological polar surface area (TPSA) is 124 Å². The van der Waals surface area contributed by atoms with E-state index in [4.69, 9.17) is 23.7 Å². The molecule has 0 aromatic heterocycles. The SMILES string of the molecule is Cc1ccc(C2(C)OC3CC(OC4CCC5(CO)C6CCC7(C)C(C8=CC(=O)OC8)CCC7(O)C6CCC5(O)C4)OC(C)C3O2)cc1. The molecule has 47 heavy (non-hydrogen) atoms. The Kier molecular flexibility index (Phi) is 7.63. The highest BCUT2D eigenvalue weighted by Gasteiger charge is 2.71. The van der Waals surface area contributed by atoms with Crippen molar-refractivity contribution in [3.63, 3.8) is 0 Å². The highest BCUT2D eigenvalue weighted by atomic mass is 16.8. The fourth-order valence-corrected chi connectivity index (χ4v) is 11.8. The third kappa shape index (κ3) is 4.70. The van der Waals surface area contributed by atoms with Crippen LogP contribution in [0.15, 0.2) is 35.9 Å². The van der Waals surface area contributed by atoms with E-state index in [-0.39, 0.29) is 60.2 Å². The molecule has 9 heteroatoms. The second kappa shape index (κ2) is 11.1. The molecule has 7 aliphatic rings. The number of benzene rings is 1. The van der Waals surface area contributed by atoms with Crippen LogP contribution in [0.3, 0.4) is 0 Å². The summed E-state index contributed by atoms with van der Waals surface area (Å²) >= 11 is 0. The van der Waals surface area contributed by atoms with Gasteiger partial charge in [-0.25, -0.2) is 4.79 Å². The van der Waals surface area contributed by atoms with Gasteiger partial charge in [-0.1, -0.05) is 36.8 Å². The number of hydrogen-bond donors (Lipinski definition) is 3. The molecule has 1 aromatic rings. The van der Waals surface area contributed by atoms with Gasteiger partial charge in [-0.05, 0) is 95.5 Å². The van der Waals surface area contributed by atoms with Crippen LogP contribution in [0.1, 0.15) is 96.1 Å². The molecule has 13 atom stereocenters. The van der Waals surface area contributed by atoms with Gasteiger partial charge in [-0.3, -0.25) is 0 Å². The molecule has 0 bridgehead atoms. The highest BCUT2D eigenvalue weighted by Crippen LogP contribution is 2.70. The second-order valence-corrected chi connectivity index (χ2v) is 16.5. The highest BCUT2D eigenvalue weighted by molar-refractivity contribution is 5.85. The minimum Gasteiger partial charge on any atom is -0.458 e. The molecule has 9 nitrogen and oxygen atoms in total. The van der Waals surface area contributed by atoms with Crippen LogP contribution in [-0.4, -0.2) is 76.4 Å². The van der Waals surface area contributed by atoms with Gasteiger partial charge in [0.05, 0.1) is 36.1 Å².